The molecule has 1 unspecified atom stereocenters. The summed E-state index contributed by atoms with van der Waals surface area (Å²) in [5, 5.41) is 17.3. The van der Waals surface area contributed by atoms with Gasteiger partial charge in [0.1, 0.15) is 5.25 Å². The number of aromatic nitrogens is 1. The summed E-state index contributed by atoms with van der Waals surface area (Å²) in [6.07, 6.45) is 0. The van der Waals surface area contributed by atoms with Gasteiger partial charge < -0.3 is 10.2 Å². The maximum atomic E-state index is 11.6. The van der Waals surface area contributed by atoms with E-state index in [4.69, 9.17) is 9.66 Å². The van der Waals surface area contributed by atoms with Crippen LogP contribution in [-0.4, -0.2) is 34.4 Å². The standard InChI is InChI=1S/C10H15NO6S/c1-6-5-8(13)11(3-4-12)10(14)9(6)7(2)18(15,16)17/h5,7,12,14H,3-4H2,1-2H3,(H,15,16,17). The molecule has 0 bridgehead atoms. The Hall–Kier alpha value is -1.38. The summed E-state index contributed by atoms with van der Waals surface area (Å²) < 4.78 is 32.0. The monoisotopic (exact) mass is 277 g/mol. The zero-order valence-corrected chi connectivity index (χ0v) is 10.8. The summed E-state index contributed by atoms with van der Waals surface area (Å²) >= 11 is 0. The molecular weight excluding hydrogens is 262 g/mol. The van der Waals surface area contributed by atoms with Crippen LogP contribution in [0.4, 0.5) is 0 Å². The lowest BCUT2D eigenvalue weighted by Gasteiger charge is -2.17. The molecule has 0 aliphatic heterocycles. The van der Waals surface area contributed by atoms with Gasteiger partial charge in [-0.1, -0.05) is 0 Å². The Balaban J connectivity index is 3.55. The first-order valence-electron chi connectivity index (χ1n) is 5.20. The minimum Gasteiger partial charge on any atom is -0.494 e. The lowest BCUT2D eigenvalue weighted by molar-refractivity contribution is 0.263. The van der Waals surface area contributed by atoms with Crippen LogP contribution in [-0.2, 0) is 16.7 Å². The average molecular weight is 277 g/mol. The third-order valence-electron chi connectivity index (χ3n) is 2.70. The SMILES string of the molecule is Cc1cc(=O)n(CCO)c(O)c1C(C)S(=O)(=O)O. The molecule has 0 saturated carbocycles. The lowest BCUT2D eigenvalue weighted by atomic mass is 10.1. The van der Waals surface area contributed by atoms with Gasteiger partial charge in [0.2, 0.25) is 0 Å². The molecular formula is C10H15NO6S. The fourth-order valence-corrected chi connectivity index (χ4v) is 2.32. The fraction of sp³-hybridized carbons (Fsp3) is 0.500. The fourth-order valence-electron chi connectivity index (χ4n) is 1.73. The Morgan fingerprint density at radius 1 is 1.44 bits per heavy atom. The molecule has 18 heavy (non-hydrogen) atoms. The van der Waals surface area contributed by atoms with E-state index in [9.17, 15) is 18.3 Å². The van der Waals surface area contributed by atoms with Gasteiger partial charge in [0, 0.05) is 11.6 Å². The molecule has 1 atom stereocenters. The normalized spacial score (nSPS) is 13.6. The first kappa shape index (κ1) is 14.7. The molecule has 0 amide bonds. The van der Waals surface area contributed by atoms with Gasteiger partial charge in [0.25, 0.3) is 15.7 Å². The summed E-state index contributed by atoms with van der Waals surface area (Å²) in [6.45, 7) is 2.12. The van der Waals surface area contributed by atoms with Gasteiger partial charge in [-0.3, -0.25) is 13.9 Å². The highest BCUT2D eigenvalue weighted by molar-refractivity contribution is 7.86. The number of aliphatic hydroxyl groups is 1. The molecule has 102 valence electrons. The van der Waals surface area contributed by atoms with Gasteiger partial charge >= 0.3 is 0 Å². The summed E-state index contributed by atoms with van der Waals surface area (Å²) in [6, 6.07) is 1.15. The second-order valence-corrected chi connectivity index (χ2v) is 5.67. The van der Waals surface area contributed by atoms with Gasteiger partial charge in [0.15, 0.2) is 5.88 Å². The minimum atomic E-state index is -4.38. The van der Waals surface area contributed by atoms with Crippen molar-refractivity contribution in [2.75, 3.05) is 6.61 Å². The van der Waals surface area contributed by atoms with Gasteiger partial charge in [-0.2, -0.15) is 8.42 Å². The molecule has 0 spiro atoms. The average Bonchev–Trinajstić information content (AvgIpc) is 2.22. The van der Waals surface area contributed by atoms with Gasteiger partial charge in [-0.15, -0.1) is 0 Å². The minimum absolute atomic E-state index is 0.0504. The van der Waals surface area contributed by atoms with Crippen molar-refractivity contribution in [1.29, 1.82) is 0 Å². The smallest absolute Gasteiger partial charge is 0.271 e. The van der Waals surface area contributed by atoms with E-state index in [0.29, 0.717) is 0 Å². The number of nitrogens with zero attached hydrogens (tertiary/aromatic N) is 1. The summed E-state index contributed by atoms with van der Waals surface area (Å²) in [7, 11) is -4.38. The number of pyridine rings is 1. The Labute approximate surface area is 104 Å². The van der Waals surface area contributed by atoms with Crippen molar-refractivity contribution in [3.63, 3.8) is 0 Å². The van der Waals surface area contributed by atoms with Crippen molar-refractivity contribution in [1.82, 2.24) is 4.57 Å². The summed E-state index contributed by atoms with van der Waals surface area (Å²) in [4.78, 5) is 11.6. The Kier molecular flexibility index (Phi) is 4.15. The number of hydrogen-bond acceptors (Lipinski definition) is 5. The van der Waals surface area contributed by atoms with Crippen LogP contribution in [0, 0.1) is 6.92 Å². The van der Waals surface area contributed by atoms with Crippen molar-refractivity contribution >= 4 is 10.1 Å². The van der Waals surface area contributed by atoms with Crippen molar-refractivity contribution in [2.45, 2.75) is 25.6 Å². The molecule has 7 nitrogen and oxygen atoms in total. The summed E-state index contributed by atoms with van der Waals surface area (Å²) in [5.74, 6) is -0.556. The van der Waals surface area contributed by atoms with Gasteiger partial charge in [-0.05, 0) is 19.4 Å². The van der Waals surface area contributed by atoms with E-state index in [2.05, 4.69) is 0 Å². The lowest BCUT2D eigenvalue weighted by Crippen LogP contribution is -2.24. The van der Waals surface area contributed by atoms with Crippen molar-refractivity contribution in [3.8, 4) is 5.88 Å². The van der Waals surface area contributed by atoms with E-state index >= 15 is 0 Å². The van der Waals surface area contributed by atoms with Crippen molar-refractivity contribution < 1.29 is 23.2 Å². The number of rotatable bonds is 4. The molecule has 8 heteroatoms. The van der Waals surface area contributed by atoms with Crippen LogP contribution in [0.5, 0.6) is 5.88 Å². The number of aromatic hydroxyl groups is 1. The van der Waals surface area contributed by atoms with Gasteiger partial charge in [-0.25, -0.2) is 0 Å². The third-order valence-corrected chi connectivity index (χ3v) is 3.83. The molecule has 3 N–H and O–H groups in total. The van der Waals surface area contributed by atoms with E-state index in [0.717, 1.165) is 10.6 Å². The Bertz CT molecular complexity index is 604. The number of hydrogen-bond donors (Lipinski definition) is 3. The molecule has 0 fully saturated rings. The maximum absolute atomic E-state index is 11.6. The van der Waals surface area contributed by atoms with Gasteiger partial charge in [0.05, 0.1) is 13.2 Å². The molecule has 1 aromatic heterocycles. The maximum Gasteiger partial charge on any atom is 0.271 e. The molecule has 0 saturated heterocycles. The van der Waals surface area contributed by atoms with E-state index < -0.39 is 26.8 Å². The second kappa shape index (κ2) is 5.09. The molecule has 0 radical (unpaired) electrons. The van der Waals surface area contributed by atoms with Crippen LogP contribution < -0.4 is 5.56 Å². The largest absolute Gasteiger partial charge is 0.494 e. The molecule has 0 aliphatic rings. The van der Waals surface area contributed by atoms with E-state index in [1.165, 1.54) is 13.8 Å². The first-order valence-corrected chi connectivity index (χ1v) is 6.71. The molecule has 0 aromatic carbocycles. The van der Waals surface area contributed by atoms with Crippen molar-refractivity contribution in [2.24, 2.45) is 0 Å². The molecule has 1 aromatic rings. The Morgan fingerprint density at radius 2 is 2.00 bits per heavy atom. The Morgan fingerprint density at radius 3 is 2.44 bits per heavy atom. The second-order valence-electron chi connectivity index (χ2n) is 3.94. The topological polar surface area (TPSA) is 117 Å². The quantitative estimate of drug-likeness (QED) is 0.656. The van der Waals surface area contributed by atoms with Crippen molar-refractivity contribution in [3.05, 3.63) is 27.5 Å². The first-order chi connectivity index (χ1) is 8.20. The zero-order valence-electron chi connectivity index (χ0n) is 9.99. The van der Waals surface area contributed by atoms with Crippen LogP contribution in [0.2, 0.25) is 0 Å². The molecule has 1 heterocycles. The van der Waals surface area contributed by atoms with Crippen LogP contribution in [0.1, 0.15) is 23.3 Å². The number of aliphatic hydroxyl groups excluding tert-OH is 1. The highest BCUT2D eigenvalue weighted by Crippen LogP contribution is 2.30. The molecule has 1 rings (SSSR count). The third kappa shape index (κ3) is 2.71. The van der Waals surface area contributed by atoms with Crippen LogP contribution in [0.15, 0.2) is 10.9 Å². The van der Waals surface area contributed by atoms with E-state index in [-0.39, 0.29) is 24.3 Å². The predicted molar refractivity (Wildman–Crippen MR) is 64.2 cm³/mol. The zero-order chi connectivity index (χ0) is 14.1. The summed E-state index contributed by atoms with van der Waals surface area (Å²) in [5.41, 5.74) is -0.340. The molecule has 0 aliphatic carbocycles. The van der Waals surface area contributed by atoms with Crippen LogP contribution >= 0.6 is 0 Å². The van der Waals surface area contributed by atoms with E-state index in [1.54, 1.807) is 0 Å². The number of aryl methyl sites for hydroxylation is 1. The van der Waals surface area contributed by atoms with Crippen LogP contribution in [0.25, 0.3) is 0 Å². The highest BCUT2D eigenvalue weighted by atomic mass is 32.2. The predicted octanol–water partition coefficient (Wildman–Crippen LogP) is -0.197. The van der Waals surface area contributed by atoms with E-state index in [1.807, 2.05) is 0 Å². The highest BCUT2D eigenvalue weighted by Gasteiger charge is 2.26. The van der Waals surface area contributed by atoms with Crippen LogP contribution in [0.3, 0.4) is 0 Å².